The van der Waals surface area contributed by atoms with E-state index in [1.54, 1.807) is 30.3 Å². The van der Waals surface area contributed by atoms with Gasteiger partial charge in [-0.3, -0.25) is 4.79 Å². The van der Waals surface area contributed by atoms with Gasteiger partial charge in [-0.2, -0.15) is 0 Å². The molecule has 1 heterocycles. The molecule has 0 saturated carbocycles. The van der Waals surface area contributed by atoms with Crippen LogP contribution in [-0.2, 0) is 21.2 Å². The fourth-order valence-electron chi connectivity index (χ4n) is 3.54. The summed E-state index contributed by atoms with van der Waals surface area (Å²) in [6.07, 6.45) is 1.43. The van der Waals surface area contributed by atoms with Gasteiger partial charge in [0.05, 0.1) is 15.4 Å². The third-order valence-electron chi connectivity index (χ3n) is 5.06. The fraction of sp³-hybridized carbons (Fsp3) is 0.0870. The largest absolute Gasteiger partial charge is 0.481 e. The number of hydrogen-bond donors (Lipinski definition) is 1. The first-order valence-corrected chi connectivity index (χ1v) is 11.7. The lowest BCUT2D eigenvalue weighted by molar-refractivity contribution is -0.136. The molecule has 0 fully saturated rings. The minimum atomic E-state index is -4.04. The maximum atomic E-state index is 13.5. The molecular weight excluding hydrogens is 476 g/mol. The average molecular weight is 492 g/mol. The number of hydrogen-bond acceptors (Lipinski definition) is 3. The van der Waals surface area contributed by atoms with Crippen LogP contribution >= 0.6 is 23.2 Å². The zero-order valence-electron chi connectivity index (χ0n) is 16.4. The van der Waals surface area contributed by atoms with Crippen molar-refractivity contribution in [2.24, 2.45) is 0 Å². The third kappa shape index (κ3) is 4.24. The molecule has 3 aromatic carbocycles. The smallest absolute Gasteiger partial charge is 0.303 e. The summed E-state index contributed by atoms with van der Waals surface area (Å²) >= 11 is 12.2. The SMILES string of the molecule is O=C(O)CCc1cn(S(=O)(=O)c2cccc(-c3ccc(F)cc3Cl)c2)c2ccc(Cl)cc12. The van der Waals surface area contributed by atoms with E-state index < -0.39 is 21.8 Å². The molecule has 4 aromatic rings. The van der Waals surface area contributed by atoms with Crippen molar-refractivity contribution < 1.29 is 22.7 Å². The molecule has 0 aliphatic rings. The van der Waals surface area contributed by atoms with Gasteiger partial charge in [0.1, 0.15) is 5.82 Å². The van der Waals surface area contributed by atoms with E-state index in [2.05, 4.69) is 0 Å². The summed E-state index contributed by atoms with van der Waals surface area (Å²) in [5.41, 5.74) is 1.96. The molecule has 4 rings (SSSR count). The van der Waals surface area contributed by atoms with Crippen LogP contribution in [0.3, 0.4) is 0 Å². The van der Waals surface area contributed by atoms with Gasteiger partial charge in [-0.15, -0.1) is 0 Å². The summed E-state index contributed by atoms with van der Waals surface area (Å²) in [6.45, 7) is 0. The second-order valence-electron chi connectivity index (χ2n) is 7.16. The van der Waals surface area contributed by atoms with Gasteiger partial charge < -0.3 is 5.11 Å². The van der Waals surface area contributed by atoms with Crippen LogP contribution < -0.4 is 0 Å². The Labute approximate surface area is 193 Å². The second kappa shape index (κ2) is 8.58. The van der Waals surface area contributed by atoms with Crippen molar-refractivity contribution >= 4 is 50.1 Å². The topological polar surface area (TPSA) is 76.4 Å². The molecule has 0 spiro atoms. The molecule has 0 amide bonds. The minimum Gasteiger partial charge on any atom is -0.481 e. The second-order valence-corrected chi connectivity index (χ2v) is 9.82. The molecule has 0 radical (unpaired) electrons. The zero-order valence-corrected chi connectivity index (χ0v) is 18.8. The van der Waals surface area contributed by atoms with E-state index in [0.29, 0.717) is 32.6 Å². The molecule has 0 aliphatic carbocycles. The normalized spacial score (nSPS) is 11.7. The Bertz CT molecular complexity index is 1460. The summed E-state index contributed by atoms with van der Waals surface area (Å²) < 4.78 is 41.6. The van der Waals surface area contributed by atoms with Crippen molar-refractivity contribution in [3.05, 3.63) is 88.3 Å². The molecule has 1 N–H and O–H groups in total. The van der Waals surface area contributed by atoms with Gasteiger partial charge in [-0.1, -0.05) is 35.3 Å². The summed E-state index contributed by atoms with van der Waals surface area (Å²) in [4.78, 5) is 11.0. The van der Waals surface area contributed by atoms with E-state index in [1.165, 1.54) is 30.5 Å². The molecule has 164 valence electrons. The predicted molar refractivity (Wildman–Crippen MR) is 122 cm³/mol. The Balaban J connectivity index is 1.84. The predicted octanol–water partition coefficient (Wildman–Crippen LogP) is 6.01. The number of rotatable bonds is 6. The summed E-state index contributed by atoms with van der Waals surface area (Å²) in [5, 5.41) is 10.2. The van der Waals surface area contributed by atoms with Crippen molar-refractivity contribution in [2.75, 3.05) is 0 Å². The molecule has 5 nitrogen and oxygen atoms in total. The average Bonchev–Trinajstić information content (AvgIpc) is 3.11. The molecule has 1 aromatic heterocycles. The Morgan fingerprint density at radius 3 is 2.53 bits per heavy atom. The number of halogens is 3. The zero-order chi connectivity index (χ0) is 23.0. The third-order valence-corrected chi connectivity index (χ3v) is 7.27. The standard InChI is InChI=1S/C23H16Cl2FNO4S/c24-16-5-8-22-20(11-16)15(4-9-23(28)29)13-27(22)32(30,31)18-3-1-2-14(10-18)19-7-6-17(26)12-21(19)25/h1-3,5-8,10-13H,4,9H2,(H,28,29). The van der Waals surface area contributed by atoms with Gasteiger partial charge in [-0.25, -0.2) is 16.8 Å². The van der Waals surface area contributed by atoms with Crippen LogP contribution in [0.2, 0.25) is 10.0 Å². The molecule has 32 heavy (non-hydrogen) atoms. The summed E-state index contributed by atoms with van der Waals surface area (Å²) in [5.74, 6) is -1.48. The maximum absolute atomic E-state index is 13.5. The number of fused-ring (bicyclic) bond motifs is 1. The lowest BCUT2D eigenvalue weighted by atomic mass is 10.1. The fourth-order valence-corrected chi connectivity index (χ4v) is 5.43. The summed E-state index contributed by atoms with van der Waals surface area (Å²) in [7, 11) is -4.04. The van der Waals surface area contributed by atoms with Gasteiger partial charge in [0, 0.05) is 28.6 Å². The highest BCUT2D eigenvalue weighted by Crippen LogP contribution is 2.33. The lowest BCUT2D eigenvalue weighted by Gasteiger charge is -2.10. The molecule has 0 atom stereocenters. The molecule has 0 bridgehead atoms. The number of aromatic nitrogens is 1. The van der Waals surface area contributed by atoms with Crippen molar-refractivity contribution in [3.8, 4) is 11.1 Å². The van der Waals surface area contributed by atoms with Gasteiger partial charge in [0.15, 0.2) is 0 Å². The highest BCUT2D eigenvalue weighted by Gasteiger charge is 2.22. The van der Waals surface area contributed by atoms with Gasteiger partial charge in [0.2, 0.25) is 0 Å². The molecule has 0 saturated heterocycles. The van der Waals surface area contributed by atoms with Gasteiger partial charge in [0.25, 0.3) is 10.0 Å². The van der Waals surface area contributed by atoms with Crippen molar-refractivity contribution in [1.29, 1.82) is 0 Å². The van der Waals surface area contributed by atoms with E-state index in [-0.39, 0.29) is 22.8 Å². The summed E-state index contributed by atoms with van der Waals surface area (Å²) in [6, 6.07) is 14.9. The van der Waals surface area contributed by atoms with Crippen LogP contribution in [0.25, 0.3) is 22.0 Å². The van der Waals surface area contributed by atoms with Crippen molar-refractivity contribution in [2.45, 2.75) is 17.7 Å². The highest BCUT2D eigenvalue weighted by molar-refractivity contribution is 7.90. The lowest BCUT2D eigenvalue weighted by Crippen LogP contribution is -2.12. The first kappa shape index (κ1) is 22.3. The maximum Gasteiger partial charge on any atom is 0.303 e. The number of carboxylic acids is 1. The van der Waals surface area contributed by atoms with Crippen LogP contribution in [-0.4, -0.2) is 23.5 Å². The quantitative estimate of drug-likeness (QED) is 0.358. The van der Waals surface area contributed by atoms with Crippen LogP contribution in [0.15, 0.2) is 71.8 Å². The Hall–Kier alpha value is -2.87. The number of carbonyl (C=O) groups is 1. The molecule has 9 heteroatoms. The van der Waals surface area contributed by atoms with Crippen molar-refractivity contribution in [3.63, 3.8) is 0 Å². The van der Waals surface area contributed by atoms with Gasteiger partial charge in [-0.05, 0) is 66.1 Å². The van der Waals surface area contributed by atoms with E-state index in [0.717, 1.165) is 10.0 Å². The molecular formula is C23H16Cl2FNO4S. The Morgan fingerprint density at radius 1 is 1.03 bits per heavy atom. The Kier molecular flexibility index (Phi) is 5.99. The van der Waals surface area contributed by atoms with E-state index in [4.69, 9.17) is 28.3 Å². The number of carboxylic acid groups (broad SMARTS) is 1. The molecule has 0 unspecified atom stereocenters. The van der Waals surface area contributed by atoms with Crippen molar-refractivity contribution in [1.82, 2.24) is 3.97 Å². The van der Waals surface area contributed by atoms with Crippen LogP contribution in [0.5, 0.6) is 0 Å². The highest BCUT2D eigenvalue weighted by atomic mass is 35.5. The Morgan fingerprint density at radius 2 is 1.81 bits per heavy atom. The molecule has 0 aliphatic heterocycles. The number of aliphatic carboxylic acids is 1. The number of nitrogens with zero attached hydrogens (tertiary/aromatic N) is 1. The number of aryl methyl sites for hydroxylation is 1. The van der Waals surface area contributed by atoms with Crippen LogP contribution in [0.1, 0.15) is 12.0 Å². The van der Waals surface area contributed by atoms with E-state index in [1.807, 2.05) is 0 Å². The van der Waals surface area contributed by atoms with Crippen LogP contribution in [0, 0.1) is 5.82 Å². The van der Waals surface area contributed by atoms with Gasteiger partial charge >= 0.3 is 5.97 Å². The minimum absolute atomic E-state index is 0.00651. The van der Waals surface area contributed by atoms with E-state index >= 15 is 0 Å². The van der Waals surface area contributed by atoms with E-state index in [9.17, 15) is 17.6 Å². The monoisotopic (exact) mass is 491 g/mol. The van der Waals surface area contributed by atoms with Crippen LogP contribution in [0.4, 0.5) is 4.39 Å². The number of benzene rings is 3. The first-order chi connectivity index (χ1) is 15.2. The first-order valence-electron chi connectivity index (χ1n) is 9.49.